The Hall–Kier alpha value is 1.54. The van der Waals surface area contributed by atoms with Gasteiger partial charge in [-0.3, -0.25) is 0 Å². The zero-order chi connectivity index (χ0) is 16.1. The molecule has 0 heterocycles. The Balaban J connectivity index is 0. The summed E-state index contributed by atoms with van der Waals surface area (Å²) in [5.74, 6) is 1.18. The number of thiol groups is 1. The average Bonchev–Trinajstić information content (AvgIpc) is 2.47. The van der Waals surface area contributed by atoms with E-state index in [4.69, 9.17) is 20.9 Å². The Bertz CT molecular complexity index is 269. The molecule has 0 fully saturated rings. The third kappa shape index (κ3) is 13.9. The van der Waals surface area contributed by atoms with Crippen molar-refractivity contribution in [1.82, 2.24) is 0 Å². The molecule has 0 rings (SSSR count). The second-order valence-corrected chi connectivity index (χ2v) is 11.2. The van der Waals surface area contributed by atoms with E-state index in [1.54, 1.807) is 0 Å². The minimum absolute atomic E-state index is 0. The molecule has 0 saturated carbocycles. The third-order valence-corrected chi connectivity index (χ3v) is 6.31. The molecular weight excluding hydrogens is 385 g/mol. The van der Waals surface area contributed by atoms with Crippen LogP contribution in [0.3, 0.4) is 0 Å². The normalized spacial score (nSPS) is 16.6. The van der Waals surface area contributed by atoms with Gasteiger partial charge in [0.2, 0.25) is 5.69 Å². The van der Waals surface area contributed by atoms with Crippen LogP contribution in [0.25, 0.3) is 0 Å². The van der Waals surface area contributed by atoms with E-state index in [0.717, 1.165) is 12.8 Å². The Labute approximate surface area is 162 Å². The summed E-state index contributed by atoms with van der Waals surface area (Å²) in [6, 6.07) is 0. The smallest absolute Gasteiger partial charge is 0.244 e. The van der Waals surface area contributed by atoms with Crippen LogP contribution in [0.2, 0.25) is 0 Å². The van der Waals surface area contributed by atoms with Gasteiger partial charge in [0.25, 0.3) is 0 Å². The third-order valence-electron chi connectivity index (χ3n) is 4.03. The van der Waals surface area contributed by atoms with Crippen LogP contribution in [0.5, 0.6) is 0 Å². The van der Waals surface area contributed by atoms with E-state index in [2.05, 4.69) is 39.9 Å². The van der Waals surface area contributed by atoms with Crippen molar-refractivity contribution in [1.29, 1.82) is 0 Å². The molecule has 2 unspecified atom stereocenters. The molecule has 0 saturated heterocycles. The largest absolute Gasteiger partial charge is 0.322 e. The molecule has 0 spiro atoms. The standard InChI is InChI=1S/C16H35O2PS2.Zn/c1-5-9-11-15(7-3)13-17-19(20,21)18-14-16(8-4)12-10-6-2;/h15-16H,5-14H2,1-4H3,(H,20,21);. The van der Waals surface area contributed by atoms with E-state index in [1.165, 1.54) is 38.5 Å². The SMILES string of the molecule is CCCCC(CC)COP(=S)(S)OCC(CC)CCCC.[Zn]. The van der Waals surface area contributed by atoms with Gasteiger partial charge in [0, 0.05) is 19.5 Å². The van der Waals surface area contributed by atoms with Gasteiger partial charge < -0.3 is 9.05 Å². The van der Waals surface area contributed by atoms with Crippen molar-refractivity contribution in [2.75, 3.05) is 13.2 Å². The Kier molecular flexibility index (Phi) is 18.8. The summed E-state index contributed by atoms with van der Waals surface area (Å²) in [7, 11) is 0. The predicted octanol–water partition coefficient (Wildman–Crippen LogP) is 6.60. The first-order valence-corrected chi connectivity index (χ1v) is 12.4. The molecular formula is C16H35O2PS2Zn. The predicted molar refractivity (Wildman–Crippen MR) is 102 cm³/mol. The summed E-state index contributed by atoms with van der Waals surface area (Å²) in [5, 5.41) is 0. The van der Waals surface area contributed by atoms with Crippen molar-refractivity contribution in [3.05, 3.63) is 0 Å². The first-order chi connectivity index (χ1) is 9.99. The summed E-state index contributed by atoms with van der Waals surface area (Å²) >= 11 is 9.91. The van der Waals surface area contributed by atoms with Gasteiger partial charge in [-0.25, -0.2) is 0 Å². The van der Waals surface area contributed by atoms with Gasteiger partial charge >= 0.3 is 0 Å². The van der Waals surface area contributed by atoms with Crippen molar-refractivity contribution in [2.45, 2.75) is 79.1 Å². The van der Waals surface area contributed by atoms with Crippen LogP contribution in [0, 0.1) is 11.8 Å². The first-order valence-electron chi connectivity index (χ1n) is 8.60. The zero-order valence-electron chi connectivity index (χ0n) is 15.1. The maximum absolute atomic E-state index is 5.85. The molecule has 6 heteroatoms. The molecule has 0 bridgehead atoms. The first kappa shape index (κ1) is 25.8. The van der Waals surface area contributed by atoms with Gasteiger partial charge in [0.1, 0.15) is 0 Å². The van der Waals surface area contributed by atoms with Gasteiger partial charge in [-0.05, 0) is 36.5 Å². The molecule has 0 aromatic rings. The summed E-state index contributed by atoms with van der Waals surface area (Å²) in [6.45, 7) is 10.3. The van der Waals surface area contributed by atoms with Crippen LogP contribution in [0.15, 0.2) is 0 Å². The maximum atomic E-state index is 5.85. The molecule has 0 aromatic carbocycles. The summed E-state index contributed by atoms with van der Waals surface area (Å²) in [4.78, 5) is 0. The minimum atomic E-state index is -2.36. The fraction of sp³-hybridized carbons (Fsp3) is 1.00. The molecule has 0 amide bonds. The summed E-state index contributed by atoms with van der Waals surface area (Å²) < 4.78 is 11.7. The monoisotopic (exact) mass is 418 g/mol. The maximum Gasteiger partial charge on any atom is 0.244 e. The van der Waals surface area contributed by atoms with Gasteiger partial charge in [0.15, 0.2) is 0 Å². The van der Waals surface area contributed by atoms with E-state index in [9.17, 15) is 0 Å². The van der Waals surface area contributed by atoms with E-state index in [1.807, 2.05) is 0 Å². The minimum Gasteiger partial charge on any atom is -0.322 e. The van der Waals surface area contributed by atoms with Crippen LogP contribution in [0.4, 0.5) is 0 Å². The van der Waals surface area contributed by atoms with Crippen molar-refractivity contribution in [3.63, 3.8) is 0 Å². The quantitative estimate of drug-likeness (QED) is 0.194. The molecule has 0 radical (unpaired) electrons. The molecule has 0 aromatic heterocycles. The van der Waals surface area contributed by atoms with Crippen LogP contribution < -0.4 is 0 Å². The molecule has 130 valence electrons. The van der Waals surface area contributed by atoms with Crippen LogP contribution >= 0.6 is 17.9 Å². The van der Waals surface area contributed by atoms with Crippen LogP contribution in [0.1, 0.15) is 79.1 Å². The van der Waals surface area contributed by atoms with E-state index >= 15 is 0 Å². The second kappa shape index (κ2) is 16.0. The number of hydrogen-bond donors (Lipinski definition) is 1. The van der Waals surface area contributed by atoms with Crippen molar-refractivity contribution in [2.24, 2.45) is 11.8 Å². The van der Waals surface area contributed by atoms with E-state index < -0.39 is 5.69 Å². The molecule has 0 N–H and O–H groups in total. The Morgan fingerprint density at radius 1 is 0.864 bits per heavy atom. The summed E-state index contributed by atoms with van der Waals surface area (Å²) in [6.07, 6.45) is 9.68. The number of rotatable bonds is 14. The number of hydrogen-bond acceptors (Lipinski definition) is 3. The molecule has 2 nitrogen and oxygen atoms in total. The van der Waals surface area contributed by atoms with E-state index in [-0.39, 0.29) is 19.5 Å². The van der Waals surface area contributed by atoms with E-state index in [0.29, 0.717) is 25.0 Å². The average molecular weight is 420 g/mol. The van der Waals surface area contributed by atoms with Gasteiger partial charge in [-0.2, -0.15) is 0 Å². The van der Waals surface area contributed by atoms with Crippen LogP contribution in [-0.4, -0.2) is 13.2 Å². The van der Waals surface area contributed by atoms with Gasteiger partial charge in [-0.1, -0.05) is 78.5 Å². The van der Waals surface area contributed by atoms with Gasteiger partial charge in [0.05, 0.1) is 13.2 Å². The molecule has 22 heavy (non-hydrogen) atoms. The molecule has 2 atom stereocenters. The topological polar surface area (TPSA) is 18.5 Å². The molecule has 0 aliphatic carbocycles. The second-order valence-electron chi connectivity index (χ2n) is 5.89. The summed E-state index contributed by atoms with van der Waals surface area (Å²) in [5.41, 5.74) is -2.36. The van der Waals surface area contributed by atoms with Gasteiger partial charge in [-0.15, -0.1) is 0 Å². The molecule has 0 aliphatic heterocycles. The van der Waals surface area contributed by atoms with Crippen molar-refractivity contribution < 1.29 is 28.5 Å². The Morgan fingerprint density at radius 2 is 1.23 bits per heavy atom. The van der Waals surface area contributed by atoms with Crippen molar-refractivity contribution >= 4 is 29.7 Å². The zero-order valence-corrected chi connectivity index (χ0v) is 20.6. The fourth-order valence-corrected chi connectivity index (χ4v) is 3.87. The number of unbranched alkanes of at least 4 members (excludes halogenated alkanes) is 2. The Morgan fingerprint density at radius 3 is 1.50 bits per heavy atom. The van der Waals surface area contributed by atoms with Crippen LogP contribution in [-0.2, 0) is 40.3 Å². The fourth-order valence-electron chi connectivity index (χ4n) is 2.23. The molecule has 0 aliphatic rings. The van der Waals surface area contributed by atoms with Crippen molar-refractivity contribution in [3.8, 4) is 0 Å².